The summed E-state index contributed by atoms with van der Waals surface area (Å²) in [6, 6.07) is 13.0. The minimum Gasteiger partial charge on any atom is -0.375 e. The van der Waals surface area contributed by atoms with Gasteiger partial charge in [-0.15, -0.1) is 0 Å². The van der Waals surface area contributed by atoms with Gasteiger partial charge in [-0.3, -0.25) is 19.4 Å². The molecule has 2 aromatic rings. The predicted octanol–water partition coefficient (Wildman–Crippen LogP) is 3.94. The van der Waals surface area contributed by atoms with Crippen LogP contribution in [0.15, 0.2) is 42.5 Å². The van der Waals surface area contributed by atoms with Gasteiger partial charge in [-0.1, -0.05) is 54.8 Å². The number of rotatable bonds is 5. The van der Waals surface area contributed by atoms with Gasteiger partial charge >= 0.3 is 0 Å². The number of benzene rings is 2. The highest BCUT2D eigenvalue weighted by atomic mass is 16.3. The number of ketones is 1. The first kappa shape index (κ1) is 20.8. The van der Waals surface area contributed by atoms with Crippen molar-refractivity contribution in [1.29, 1.82) is 0 Å². The molecule has 0 saturated carbocycles. The fourth-order valence-corrected chi connectivity index (χ4v) is 4.75. The van der Waals surface area contributed by atoms with Crippen molar-refractivity contribution >= 4 is 17.4 Å². The molecule has 5 nitrogen and oxygen atoms in total. The number of para-hydroxylation sites is 1. The van der Waals surface area contributed by atoms with Gasteiger partial charge in [-0.2, -0.15) is 0 Å². The van der Waals surface area contributed by atoms with Crippen molar-refractivity contribution in [2.75, 3.05) is 24.7 Å². The number of hydrogen-bond acceptors (Lipinski definition) is 4. The van der Waals surface area contributed by atoms with Crippen LogP contribution in [0.25, 0.3) is 0 Å². The number of nitrogens with zero attached hydrogens (tertiary/aromatic N) is 2. The van der Waals surface area contributed by atoms with Crippen LogP contribution in [0.5, 0.6) is 0 Å². The van der Waals surface area contributed by atoms with Gasteiger partial charge in [0.15, 0.2) is 11.4 Å². The van der Waals surface area contributed by atoms with Crippen LogP contribution in [-0.2, 0) is 10.4 Å². The first-order valence-corrected chi connectivity index (χ1v) is 10.9. The summed E-state index contributed by atoms with van der Waals surface area (Å²) in [4.78, 5) is 30.5. The summed E-state index contributed by atoms with van der Waals surface area (Å²) in [5.74, 6) is -0.610. The normalized spacial score (nSPS) is 22.1. The van der Waals surface area contributed by atoms with E-state index in [-0.39, 0.29) is 12.2 Å². The number of amides is 1. The monoisotopic (exact) mass is 406 g/mol. The number of Topliss-reactive ketones (excluding diaryl/α,β-unsaturated/α-hetero) is 1. The molecule has 1 N–H and O–H groups in total. The number of fused-ring (bicyclic) bond motifs is 1. The largest absolute Gasteiger partial charge is 0.375 e. The molecule has 1 saturated heterocycles. The van der Waals surface area contributed by atoms with Crippen LogP contribution < -0.4 is 4.90 Å². The molecule has 5 heteroatoms. The van der Waals surface area contributed by atoms with E-state index in [1.807, 2.05) is 44.2 Å². The van der Waals surface area contributed by atoms with E-state index in [1.165, 1.54) is 12.8 Å². The second kappa shape index (κ2) is 8.32. The number of carbonyl (C=O) groups is 2. The Labute approximate surface area is 178 Å². The third-order valence-corrected chi connectivity index (χ3v) is 6.38. The van der Waals surface area contributed by atoms with E-state index in [9.17, 15) is 14.7 Å². The molecule has 0 spiro atoms. The Bertz CT molecular complexity index is 963. The van der Waals surface area contributed by atoms with Gasteiger partial charge < -0.3 is 5.11 Å². The van der Waals surface area contributed by atoms with E-state index in [0.29, 0.717) is 23.5 Å². The van der Waals surface area contributed by atoms with Gasteiger partial charge in [-0.05, 0) is 51.4 Å². The van der Waals surface area contributed by atoms with Crippen molar-refractivity contribution in [3.63, 3.8) is 0 Å². The molecule has 2 aromatic carbocycles. The molecule has 1 atom stereocenters. The molecule has 0 aliphatic carbocycles. The third kappa shape index (κ3) is 3.80. The highest BCUT2D eigenvalue weighted by Gasteiger charge is 2.51. The van der Waals surface area contributed by atoms with Crippen LogP contribution >= 0.6 is 0 Å². The highest BCUT2D eigenvalue weighted by Crippen LogP contribution is 2.43. The molecule has 1 amide bonds. The minimum absolute atomic E-state index is 0.213. The first-order valence-electron chi connectivity index (χ1n) is 10.9. The molecule has 1 fully saturated rings. The molecule has 2 heterocycles. The molecule has 1 unspecified atom stereocenters. The van der Waals surface area contributed by atoms with Crippen LogP contribution in [0.4, 0.5) is 5.69 Å². The summed E-state index contributed by atoms with van der Waals surface area (Å²) in [7, 11) is 0. The van der Waals surface area contributed by atoms with E-state index in [4.69, 9.17) is 0 Å². The fraction of sp³-hybridized carbons (Fsp3) is 0.440. The lowest BCUT2D eigenvalue weighted by Gasteiger charge is -2.28. The number of carbonyl (C=O) groups excluding carboxylic acids is 2. The molecule has 4 rings (SSSR count). The molecule has 0 aromatic heterocycles. The third-order valence-electron chi connectivity index (χ3n) is 6.38. The van der Waals surface area contributed by atoms with Gasteiger partial charge in [0.05, 0.1) is 18.8 Å². The molecular weight excluding hydrogens is 376 g/mol. The zero-order chi connectivity index (χ0) is 21.3. The number of hydrogen-bond donors (Lipinski definition) is 1. The predicted molar refractivity (Wildman–Crippen MR) is 118 cm³/mol. The molecule has 2 aliphatic heterocycles. The highest BCUT2D eigenvalue weighted by molar-refractivity contribution is 6.11. The van der Waals surface area contributed by atoms with Crippen LogP contribution in [0.2, 0.25) is 0 Å². The van der Waals surface area contributed by atoms with E-state index in [1.54, 1.807) is 17.0 Å². The Morgan fingerprint density at radius 1 is 1.03 bits per heavy atom. The Morgan fingerprint density at radius 3 is 2.43 bits per heavy atom. The standard InChI is InChI=1S/C25H30N2O3/c1-18-11-12-20(19(2)15-18)23(28)16-25(30)21-9-5-6-10-22(21)27(24(25)29)17-26-13-7-3-4-8-14-26/h5-6,9-12,15,30H,3-4,7-8,13-14,16-17H2,1-2H3. The second-order valence-corrected chi connectivity index (χ2v) is 8.70. The van der Waals surface area contributed by atoms with Crippen molar-refractivity contribution in [2.45, 2.75) is 51.6 Å². The zero-order valence-corrected chi connectivity index (χ0v) is 17.9. The molecule has 30 heavy (non-hydrogen) atoms. The molecule has 2 aliphatic rings. The number of anilines is 1. The Kier molecular flexibility index (Phi) is 5.76. The van der Waals surface area contributed by atoms with E-state index in [0.717, 1.165) is 37.1 Å². The topological polar surface area (TPSA) is 60.9 Å². The lowest BCUT2D eigenvalue weighted by Crippen LogP contribution is -2.46. The van der Waals surface area contributed by atoms with Crippen LogP contribution in [0, 0.1) is 13.8 Å². The van der Waals surface area contributed by atoms with Crippen molar-refractivity contribution in [2.24, 2.45) is 0 Å². The second-order valence-electron chi connectivity index (χ2n) is 8.70. The molecule has 158 valence electrons. The smallest absolute Gasteiger partial charge is 0.265 e. The lowest BCUT2D eigenvalue weighted by molar-refractivity contribution is -0.136. The zero-order valence-electron chi connectivity index (χ0n) is 17.9. The van der Waals surface area contributed by atoms with Gasteiger partial charge in [0.25, 0.3) is 5.91 Å². The average molecular weight is 407 g/mol. The fourth-order valence-electron chi connectivity index (χ4n) is 4.75. The summed E-state index contributed by atoms with van der Waals surface area (Å²) < 4.78 is 0. The number of aliphatic hydroxyl groups is 1. The van der Waals surface area contributed by atoms with Gasteiger partial charge in [-0.25, -0.2) is 0 Å². The van der Waals surface area contributed by atoms with E-state index < -0.39 is 11.5 Å². The molecular formula is C25H30N2O3. The van der Waals surface area contributed by atoms with Crippen LogP contribution in [0.3, 0.4) is 0 Å². The van der Waals surface area contributed by atoms with Crippen molar-refractivity contribution in [3.8, 4) is 0 Å². The van der Waals surface area contributed by atoms with Crippen molar-refractivity contribution in [3.05, 3.63) is 64.7 Å². The minimum atomic E-state index is -1.82. The molecule has 0 radical (unpaired) electrons. The van der Waals surface area contributed by atoms with Gasteiger partial charge in [0.1, 0.15) is 0 Å². The van der Waals surface area contributed by atoms with Gasteiger partial charge in [0, 0.05) is 11.1 Å². The molecule has 0 bridgehead atoms. The Balaban J connectivity index is 1.62. The summed E-state index contributed by atoms with van der Waals surface area (Å²) in [5.41, 5.74) is 1.92. The summed E-state index contributed by atoms with van der Waals surface area (Å²) in [5, 5.41) is 11.5. The van der Waals surface area contributed by atoms with Crippen LogP contribution in [0.1, 0.15) is 59.2 Å². The Morgan fingerprint density at radius 2 is 1.73 bits per heavy atom. The van der Waals surface area contributed by atoms with Crippen molar-refractivity contribution in [1.82, 2.24) is 4.90 Å². The first-order chi connectivity index (χ1) is 14.4. The van der Waals surface area contributed by atoms with Crippen molar-refractivity contribution < 1.29 is 14.7 Å². The number of aryl methyl sites for hydroxylation is 2. The summed E-state index contributed by atoms with van der Waals surface area (Å²) in [6.45, 7) is 6.22. The van der Waals surface area contributed by atoms with Crippen LogP contribution in [-0.4, -0.2) is 41.5 Å². The Hall–Kier alpha value is -2.50. The quantitative estimate of drug-likeness (QED) is 0.764. The summed E-state index contributed by atoms with van der Waals surface area (Å²) in [6.07, 6.45) is 4.44. The lowest BCUT2D eigenvalue weighted by atomic mass is 9.87. The number of likely N-dealkylation sites (tertiary alicyclic amines) is 1. The van der Waals surface area contributed by atoms with E-state index in [2.05, 4.69) is 4.90 Å². The maximum atomic E-state index is 13.4. The maximum absolute atomic E-state index is 13.4. The average Bonchev–Trinajstić information content (AvgIpc) is 2.90. The summed E-state index contributed by atoms with van der Waals surface area (Å²) >= 11 is 0. The SMILES string of the molecule is Cc1ccc(C(=O)CC2(O)C(=O)N(CN3CCCCCC3)c3ccccc32)c(C)c1. The van der Waals surface area contributed by atoms with E-state index >= 15 is 0 Å². The maximum Gasteiger partial charge on any atom is 0.265 e. The van der Waals surface area contributed by atoms with Gasteiger partial charge in [0.2, 0.25) is 0 Å².